The van der Waals surface area contributed by atoms with E-state index in [1.807, 2.05) is 6.07 Å². The SMILES string of the molecule is CCOC(=O)Cc1cccnc1OC1CC1. The summed E-state index contributed by atoms with van der Waals surface area (Å²) in [6.07, 6.45) is 4.34. The summed E-state index contributed by atoms with van der Waals surface area (Å²) in [6.45, 7) is 2.20. The van der Waals surface area contributed by atoms with Crippen molar-refractivity contribution < 1.29 is 14.3 Å². The molecule has 1 aliphatic carbocycles. The van der Waals surface area contributed by atoms with Crippen LogP contribution in [0.5, 0.6) is 5.88 Å². The number of hydrogen-bond acceptors (Lipinski definition) is 4. The van der Waals surface area contributed by atoms with Gasteiger partial charge in [0.05, 0.1) is 13.0 Å². The molecule has 1 saturated carbocycles. The zero-order chi connectivity index (χ0) is 11.4. The molecule has 0 aromatic carbocycles. The molecule has 1 heterocycles. The largest absolute Gasteiger partial charge is 0.474 e. The van der Waals surface area contributed by atoms with Crippen molar-refractivity contribution >= 4 is 5.97 Å². The van der Waals surface area contributed by atoms with Crippen LogP contribution in [0.15, 0.2) is 18.3 Å². The normalized spacial score (nSPS) is 14.6. The number of pyridine rings is 1. The fourth-order valence-corrected chi connectivity index (χ4v) is 1.38. The van der Waals surface area contributed by atoms with Crippen molar-refractivity contribution in [1.29, 1.82) is 0 Å². The standard InChI is InChI=1S/C12H15NO3/c1-2-15-11(14)8-9-4-3-7-13-12(9)16-10-5-6-10/h3-4,7,10H,2,5-6,8H2,1H3. The lowest BCUT2D eigenvalue weighted by atomic mass is 10.2. The molecule has 0 N–H and O–H groups in total. The van der Waals surface area contributed by atoms with Gasteiger partial charge in [-0.25, -0.2) is 4.98 Å². The minimum atomic E-state index is -0.240. The lowest BCUT2D eigenvalue weighted by Gasteiger charge is -2.08. The molecule has 0 amide bonds. The minimum Gasteiger partial charge on any atom is -0.474 e. The topological polar surface area (TPSA) is 48.4 Å². The molecule has 0 spiro atoms. The van der Waals surface area contributed by atoms with Crippen LogP contribution in [-0.2, 0) is 16.0 Å². The summed E-state index contributed by atoms with van der Waals surface area (Å²) in [4.78, 5) is 15.5. The van der Waals surface area contributed by atoms with E-state index in [0.29, 0.717) is 12.5 Å². The van der Waals surface area contributed by atoms with E-state index in [1.165, 1.54) is 0 Å². The molecule has 1 fully saturated rings. The van der Waals surface area contributed by atoms with Gasteiger partial charge in [-0.2, -0.15) is 0 Å². The van der Waals surface area contributed by atoms with E-state index in [9.17, 15) is 4.79 Å². The molecular weight excluding hydrogens is 206 g/mol. The predicted molar refractivity (Wildman–Crippen MR) is 58.2 cm³/mol. The van der Waals surface area contributed by atoms with Gasteiger partial charge in [-0.15, -0.1) is 0 Å². The first-order valence-corrected chi connectivity index (χ1v) is 5.55. The predicted octanol–water partition coefficient (Wildman–Crippen LogP) is 1.73. The van der Waals surface area contributed by atoms with Crippen LogP contribution in [-0.4, -0.2) is 23.7 Å². The highest BCUT2D eigenvalue weighted by molar-refractivity contribution is 5.73. The van der Waals surface area contributed by atoms with Crippen molar-refractivity contribution in [2.75, 3.05) is 6.61 Å². The Morgan fingerprint density at radius 1 is 1.56 bits per heavy atom. The van der Waals surface area contributed by atoms with Crippen LogP contribution in [0.4, 0.5) is 0 Å². The van der Waals surface area contributed by atoms with Gasteiger partial charge in [-0.1, -0.05) is 6.07 Å². The molecule has 0 atom stereocenters. The van der Waals surface area contributed by atoms with Gasteiger partial charge in [0.2, 0.25) is 5.88 Å². The molecule has 1 aromatic heterocycles. The van der Waals surface area contributed by atoms with Crippen LogP contribution in [0.1, 0.15) is 25.3 Å². The second-order valence-corrected chi connectivity index (χ2v) is 3.77. The quantitative estimate of drug-likeness (QED) is 0.710. The average molecular weight is 221 g/mol. The van der Waals surface area contributed by atoms with E-state index >= 15 is 0 Å². The highest BCUT2D eigenvalue weighted by atomic mass is 16.5. The lowest BCUT2D eigenvalue weighted by molar-refractivity contribution is -0.142. The maximum Gasteiger partial charge on any atom is 0.310 e. The van der Waals surface area contributed by atoms with Crippen molar-refractivity contribution in [2.45, 2.75) is 32.3 Å². The first kappa shape index (κ1) is 10.9. The number of hydrogen-bond donors (Lipinski definition) is 0. The zero-order valence-corrected chi connectivity index (χ0v) is 9.31. The van der Waals surface area contributed by atoms with Gasteiger partial charge >= 0.3 is 5.97 Å². The molecule has 1 aromatic rings. The number of nitrogens with zero attached hydrogens (tertiary/aromatic N) is 1. The summed E-state index contributed by atoms with van der Waals surface area (Å²) >= 11 is 0. The summed E-state index contributed by atoms with van der Waals surface area (Å²) in [5.74, 6) is 0.328. The van der Waals surface area contributed by atoms with Gasteiger partial charge in [0.15, 0.2) is 0 Å². The van der Waals surface area contributed by atoms with Gasteiger partial charge in [0.1, 0.15) is 6.10 Å². The summed E-state index contributed by atoms with van der Waals surface area (Å²) in [6, 6.07) is 3.65. The summed E-state index contributed by atoms with van der Waals surface area (Å²) in [7, 11) is 0. The average Bonchev–Trinajstić information content (AvgIpc) is 3.05. The Balaban J connectivity index is 2.03. The maximum atomic E-state index is 11.4. The molecule has 0 radical (unpaired) electrons. The number of carbonyl (C=O) groups is 1. The molecule has 0 saturated heterocycles. The zero-order valence-electron chi connectivity index (χ0n) is 9.31. The smallest absolute Gasteiger partial charge is 0.310 e. The number of aromatic nitrogens is 1. The van der Waals surface area contributed by atoms with Crippen molar-refractivity contribution in [3.63, 3.8) is 0 Å². The van der Waals surface area contributed by atoms with Crippen LogP contribution in [0.2, 0.25) is 0 Å². The first-order chi connectivity index (χ1) is 7.79. The number of esters is 1. The lowest BCUT2D eigenvalue weighted by Crippen LogP contribution is -2.10. The number of ether oxygens (including phenoxy) is 2. The van der Waals surface area contributed by atoms with E-state index in [-0.39, 0.29) is 18.5 Å². The van der Waals surface area contributed by atoms with E-state index < -0.39 is 0 Å². The van der Waals surface area contributed by atoms with E-state index in [4.69, 9.17) is 9.47 Å². The second-order valence-electron chi connectivity index (χ2n) is 3.77. The number of rotatable bonds is 5. The summed E-state index contributed by atoms with van der Waals surface area (Å²) in [5.41, 5.74) is 0.799. The van der Waals surface area contributed by atoms with Crippen LogP contribution in [0.25, 0.3) is 0 Å². The first-order valence-electron chi connectivity index (χ1n) is 5.55. The van der Waals surface area contributed by atoms with Gasteiger partial charge in [-0.05, 0) is 25.8 Å². The molecule has 2 rings (SSSR count). The molecule has 0 bridgehead atoms. The van der Waals surface area contributed by atoms with E-state index in [0.717, 1.165) is 18.4 Å². The molecule has 1 aliphatic rings. The van der Waals surface area contributed by atoms with Crippen LogP contribution in [0.3, 0.4) is 0 Å². The Labute approximate surface area is 94.6 Å². The second kappa shape index (κ2) is 4.96. The van der Waals surface area contributed by atoms with Crippen LogP contribution < -0.4 is 4.74 Å². The van der Waals surface area contributed by atoms with Gasteiger partial charge < -0.3 is 9.47 Å². The Morgan fingerprint density at radius 3 is 3.06 bits per heavy atom. The molecular formula is C12H15NO3. The Bertz CT molecular complexity index is 374. The van der Waals surface area contributed by atoms with Gasteiger partial charge in [0, 0.05) is 11.8 Å². The van der Waals surface area contributed by atoms with Crippen LogP contribution in [0, 0.1) is 0 Å². The third-order valence-corrected chi connectivity index (χ3v) is 2.29. The molecule has 4 nitrogen and oxygen atoms in total. The van der Waals surface area contributed by atoms with Crippen molar-refractivity contribution in [3.05, 3.63) is 23.9 Å². The van der Waals surface area contributed by atoms with E-state index in [2.05, 4.69) is 4.98 Å². The number of carbonyl (C=O) groups excluding carboxylic acids is 1. The van der Waals surface area contributed by atoms with Crippen LogP contribution >= 0.6 is 0 Å². The summed E-state index contributed by atoms with van der Waals surface area (Å²) < 4.78 is 10.5. The molecule has 4 heteroatoms. The Kier molecular flexibility index (Phi) is 3.39. The fraction of sp³-hybridized carbons (Fsp3) is 0.500. The Hall–Kier alpha value is -1.58. The highest BCUT2D eigenvalue weighted by Crippen LogP contribution is 2.27. The molecule has 0 aliphatic heterocycles. The van der Waals surface area contributed by atoms with E-state index in [1.54, 1.807) is 19.2 Å². The monoisotopic (exact) mass is 221 g/mol. The molecule has 86 valence electrons. The molecule has 0 unspecified atom stereocenters. The van der Waals surface area contributed by atoms with Crippen molar-refractivity contribution in [2.24, 2.45) is 0 Å². The molecule has 16 heavy (non-hydrogen) atoms. The minimum absolute atomic E-state index is 0.226. The third kappa shape index (κ3) is 2.95. The van der Waals surface area contributed by atoms with Gasteiger partial charge in [0.25, 0.3) is 0 Å². The third-order valence-electron chi connectivity index (χ3n) is 2.29. The van der Waals surface area contributed by atoms with Crippen molar-refractivity contribution in [3.8, 4) is 5.88 Å². The van der Waals surface area contributed by atoms with Crippen molar-refractivity contribution in [1.82, 2.24) is 4.98 Å². The fourth-order valence-electron chi connectivity index (χ4n) is 1.38. The highest BCUT2D eigenvalue weighted by Gasteiger charge is 2.25. The van der Waals surface area contributed by atoms with Gasteiger partial charge in [-0.3, -0.25) is 4.79 Å². The Morgan fingerprint density at radius 2 is 2.38 bits per heavy atom. The summed E-state index contributed by atoms with van der Waals surface area (Å²) in [5, 5.41) is 0. The maximum absolute atomic E-state index is 11.4.